The van der Waals surface area contributed by atoms with Crippen molar-refractivity contribution in [1.29, 1.82) is 0 Å². The molecule has 1 aromatic carbocycles. The smallest absolute Gasteiger partial charge is 0.241 e. The maximum Gasteiger partial charge on any atom is 0.241 e. The number of rotatable bonds is 9. The molecule has 0 unspecified atom stereocenters. The molecule has 1 fully saturated rings. The van der Waals surface area contributed by atoms with Crippen LogP contribution in [0.4, 0.5) is 0 Å². The summed E-state index contributed by atoms with van der Waals surface area (Å²) in [4.78, 5) is 18.0. The van der Waals surface area contributed by atoms with Crippen LogP contribution in [0.5, 0.6) is 0 Å². The van der Waals surface area contributed by atoms with Crippen molar-refractivity contribution < 1.29 is 14.3 Å². The summed E-state index contributed by atoms with van der Waals surface area (Å²) in [6, 6.07) is 8.34. The van der Waals surface area contributed by atoms with E-state index in [2.05, 4.69) is 53.7 Å². The largest absolute Gasteiger partial charge is 0.381 e. The van der Waals surface area contributed by atoms with Gasteiger partial charge < -0.3 is 25.0 Å². The van der Waals surface area contributed by atoms with E-state index in [-0.39, 0.29) is 12.5 Å². The molecule has 1 aliphatic heterocycles. The van der Waals surface area contributed by atoms with Gasteiger partial charge in [0.25, 0.3) is 0 Å². The first-order valence-corrected chi connectivity index (χ1v) is 10.4. The van der Waals surface area contributed by atoms with Gasteiger partial charge in [0.05, 0.1) is 25.8 Å². The lowest BCUT2D eigenvalue weighted by Gasteiger charge is -2.22. The van der Waals surface area contributed by atoms with Gasteiger partial charge in [-0.05, 0) is 29.9 Å². The van der Waals surface area contributed by atoms with E-state index in [1.807, 2.05) is 0 Å². The van der Waals surface area contributed by atoms with E-state index >= 15 is 0 Å². The van der Waals surface area contributed by atoms with Crippen molar-refractivity contribution in [3.05, 3.63) is 35.4 Å². The van der Waals surface area contributed by atoms with Crippen molar-refractivity contribution in [3.8, 4) is 0 Å². The third kappa shape index (κ3) is 9.28. The number of ether oxygens (including phenoxy) is 2. The summed E-state index contributed by atoms with van der Waals surface area (Å²) < 4.78 is 11.3. The molecule has 0 bridgehead atoms. The monoisotopic (exact) mass is 404 g/mol. The average molecular weight is 405 g/mol. The van der Waals surface area contributed by atoms with Crippen LogP contribution in [0.1, 0.15) is 37.8 Å². The molecule has 0 spiro atoms. The maximum absolute atomic E-state index is 11.8. The number of benzene rings is 1. The summed E-state index contributed by atoms with van der Waals surface area (Å²) in [5.74, 6) is 1.15. The fourth-order valence-electron chi connectivity index (χ4n) is 2.76. The second-order valence-corrected chi connectivity index (χ2v) is 8.02. The minimum absolute atomic E-state index is 0.0120. The number of hydrogen-bond donors (Lipinski definition) is 2. The lowest BCUT2D eigenvalue weighted by Crippen LogP contribution is -2.44. The Balaban J connectivity index is 1.86. The van der Waals surface area contributed by atoms with Crippen LogP contribution in [-0.4, -0.2) is 63.3 Å². The van der Waals surface area contributed by atoms with Gasteiger partial charge >= 0.3 is 0 Å². The van der Waals surface area contributed by atoms with Crippen LogP contribution in [0.2, 0.25) is 0 Å². The van der Waals surface area contributed by atoms with Gasteiger partial charge in [0.1, 0.15) is 0 Å². The third-order valence-electron chi connectivity index (χ3n) is 4.68. The van der Waals surface area contributed by atoms with Crippen molar-refractivity contribution in [2.45, 2.75) is 45.9 Å². The van der Waals surface area contributed by atoms with Gasteiger partial charge in [0.2, 0.25) is 5.91 Å². The molecule has 0 radical (unpaired) electrons. The van der Waals surface area contributed by atoms with Crippen LogP contribution in [0.25, 0.3) is 0 Å². The predicted octanol–water partition coefficient (Wildman–Crippen LogP) is 2.16. The molecule has 1 amide bonds. The normalized spacial score (nSPS) is 15.4. The van der Waals surface area contributed by atoms with Gasteiger partial charge in [-0.1, -0.05) is 38.1 Å². The Kier molecular flexibility index (Phi) is 9.94. The Hall–Kier alpha value is -2.12. The van der Waals surface area contributed by atoms with E-state index in [0.29, 0.717) is 31.1 Å². The van der Waals surface area contributed by atoms with Crippen molar-refractivity contribution in [2.75, 3.05) is 40.4 Å². The van der Waals surface area contributed by atoms with Crippen molar-refractivity contribution >= 4 is 11.9 Å². The summed E-state index contributed by atoms with van der Waals surface area (Å²) in [5, 5.41) is 6.40. The van der Waals surface area contributed by atoms with Crippen molar-refractivity contribution in [2.24, 2.45) is 10.9 Å². The SMILES string of the molecule is CC(C)CNC(=NCc1ccc(COC2CCOCC2)cc1)NCC(=O)N(C)C. The molecule has 1 heterocycles. The first-order chi connectivity index (χ1) is 13.9. The van der Waals surface area contributed by atoms with Crippen molar-refractivity contribution in [3.63, 3.8) is 0 Å². The highest BCUT2D eigenvalue weighted by Crippen LogP contribution is 2.14. The molecule has 7 nitrogen and oxygen atoms in total. The molecule has 0 aromatic heterocycles. The highest BCUT2D eigenvalue weighted by atomic mass is 16.5. The van der Waals surface area contributed by atoms with E-state index in [1.54, 1.807) is 19.0 Å². The molecular weight excluding hydrogens is 368 g/mol. The topological polar surface area (TPSA) is 75.2 Å². The second-order valence-electron chi connectivity index (χ2n) is 8.02. The molecule has 162 valence electrons. The van der Waals surface area contributed by atoms with Gasteiger partial charge in [-0.2, -0.15) is 0 Å². The molecule has 7 heteroatoms. The van der Waals surface area contributed by atoms with Gasteiger partial charge in [-0.3, -0.25) is 4.79 Å². The van der Waals surface area contributed by atoms with Crippen LogP contribution >= 0.6 is 0 Å². The minimum Gasteiger partial charge on any atom is -0.381 e. The van der Waals surface area contributed by atoms with E-state index in [9.17, 15) is 4.79 Å². The lowest BCUT2D eigenvalue weighted by atomic mass is 10.1. The van der Waals surface area contributed by atoms with E-state index in [0.717, 1.165) is 43.7 Å². The number of nitrogens with zero attached hydrogens (tertiary/aromatic N) is 2. The van der Waals surface area contributed by atoms with Gasteiger partial charge in [0, 0.05) is 33.9 Å². The minimum atomic E-state index is 0.0120. The standard InChI is InChI=1S/C22H36N4O3/c1-17(2)13-23-22(25-15-21(27)26(3)4)24-14-18-5-7-19(8-6-18)16-29-20-9-11-28-12-10-20/h5-8,17,20H,9-16H2,1-4H3,(H2,23,24,25). The Bertz CT molecular complexity index is 638. The number of carbonyl (C=O) groups is 1. The molecule has 1 aliphatic rings. The number of aliphatic imine (C=N–C) groups is 1. The number of hydrogen-bond acceptors (Lipinski definition) is 4. The first kappa shape index (κ1) is 23.2. The summed E-state index contributed by atoms with van der Waals surface area (Å²) in [6.45, 7) is 8.05. The fourth-order valence-corrected chi connectivity index (χ4v) is 2.76. The Morgan fingerprint density at radius 1 is 1.17 bits per heavy atom. The van der Waals surface area contributed by atoms with Crippen LogP contribution in [0, 0.1) is 5.92 Å². The highest BCUT2D eigenvalue weighted by Gasteiger charge is 2.14. The average Bonchev–Trinajstić information content (AvgIpc) is 2.72. The zero-order valence-corrected chi connectivity index (χ0v) is 18.2. The van der Waals surface area contributed by atoms with E-state index < -0.39 is 0 Å². The summed E-state index contributed by atoms with van der Waals surface area (Å²) in [5.41, 5.74) is 2.28. The fraction of sp³-hybridized carbons (Fsp3) is 0.636. The quantitative estimate of drug-likeness (QED) is 0.487. The zero-order chi connectivity index (χ0) is 21.1. The molecule has 1 saturated heterocycles. The van der Waals surface area contributed by atoms with E-state index in [1.165, 1.54) is 0 Å². The summed E-state index contributed by atoms with van der Waals surface area (Å²) >= 11 is 0. The molecule has 2 N–H and O–H groups in total. The summed E-state index contributed by atoms with van der Waals surface area (Å²) in [6.07, 6.45) is 2.25. The number of nitrogens with one attached hydrogen (secondary N) is 2. The molecule has 1 aromatic rings. The van der Waals surface area contributed by atoms with Gasteiger partial charge in [-0.15, -0.1) is 0 Å². The maximum atomic E-state index is 11.8. The Morgan fingerprint density at radius 3 is 2.45 bits per heavy atom. The number of carbonyl (C=O) groups excluding carboxylic acids is 1. The van der Waals surface area contributed by atoms with Crippen molar-refractivity contribution in [1.82, 2.24) is 15.5 Å². The first-order valence-electron chi connectivity index (χ1n) is 10.4. The van der Waals surface area contributed by atoms with Gasteiger partial charge in [-0.25, -0.2) is 4.99 Å². The van der Waals surface area contributed by atoms with E-state index in [4.69, 9.17) is 9.47 Å². The zero-order valence-electron chi connectivity index (χ0n) is 18.2. The lowest BCUT2D eigenvalue weighted by molar-refractivity contribution is -0.127. The predicted molar refractivity (Wildman–Crippen MR) is 116 cm³/mol. The number of likely N-dealkylation sites (N-methyl/N-ethyl adjacent to an activating group) is 1. The Morgan fingerprint density at radius 2 is 1.83 bits per heavy atom. The van der Waals surface area contributed by atoms with Gasteiger partial charge in [0.15, 0.2) is 5.96 Å². The van der Waals surface area contributed by atoms with Crippen LogP contribution in [0.15, 0.2) is 29.3 Å². The molecule has 2 rings (SSSR count). The number of amides is 1. The second kappa shape index (κ2) is 12.4. The molecule has 0 aliphatic carbocycles. The summed E-state index contributed by atoms with van der Waals surface area (Å²) in [7, 11) is 3.49. The third-order valence-corrected chi connectivity index (χ3v) is 4.68. The molecule has 0 atom stereocenters. The highest BCUT2D eigenvalue weighted by molar-refractivity contribution is 5.86. The number of guanidine groups is 1. The van der Waals surface area contributed by atoms with Crippen LogP contribution in [-0.2, 0) is 27.4 Å². The Labute approximate surface area is 174 Å². The van der Waals surface area contributed by atoms with Crippen LogP contribution in [0.3, 0.4) is 0 Å². The van der Waals surface area contributed by atoms with Crippen LogP contribution < -0.4 is 10.6 Å². The molecular formula is C22H36N4O3. The molecule has 0 saturated carbocycles. The molecule has 29 heavy (non-hydrogen) atoms.